The molecule has 1 aliphatic heterocycles. The second kappa shape index (κ2) is 4.41. The highest BCUT2D eigenvalue weighted by Gasteiger charge is 2.33. The lowest BCUT2D eigenvalue weighted by Crippen LogP contribution is -2.59. The normalized spacial score (nSPS) is 25.6. The first-order valence-electron chi connectivity index (χ1n) is 4.84. The monoisotopic (exact) mass is 200 g/mol. The number of carbonyl (C=O) groups excluding carboxylic acids is 1. The topological polar surface area (TPSA) is 69.6 Å². The molecule has 0 aromatic rings. The first kappa shape index (κ1) is 11.0. The summed E-state index contributed by atoms with van der Waals surface area (Å²) in [7, 11) is 0. The van der Waals surface area contributed by atoms with Gasteiger partial charge in [0, 0.05) is 13.1 Å². The van der Waals surface area contributed by atoms with Gasteiger partial charge in [-0.25, -0.2) is 0 Å². The zero-order valence-corrected chi connectivity index (χ0v) is 8.49. The third-order valence-corrected chi connectivity index (χ3v) is 2.61. The summed E-state index contributed by atoms with van der Waals surface area (Å²) in [6.45, 7) is 4.64. The van der Waals surface area contributed by atoms with Gasteiger partial charge in [0.1, 0.15) is 6.04 Å². The van der Waals surface area contributed by atoms with Gasteiger partial charge in [-0.15, -0.1) is 0 Å². The van der Waals surface area contributed by atoms with Crippen LogP contribution in [0.1, 0.15) is 20.3 Å². The minimum Gasteiger partial charge on any atom is -0.480 e. The van der Waals surface area contributed by atoms with Crippen molar-refractivity contribution in [2.75, 3.05) is 13.1 Å². The number of hydrogen-bond acceptors (Lipinski definition) is 3. The number of carbonyl (C=O) groups is 2. The van der Waals surface area contributed by atoms with Crippen LogP contribution in [-0.4, -0.2) is 47.1 Å². The molecule has 1 rings (SSSR count). The molecule has 0 aromatic carbocycles. The first-order chi connectivity index (χ1) is 6.57. The van der Waals surface area contributed by atoms with Gasteiger partial charge in [-0.3, -0.25) is 14.5 Å². The van der Waals surface area contributed by atoms with Gasteiger partial charge in [0.2, 0.25) is 5.91 Å². The van der Waals surface area contributed by atoms with Crippen LogP contribution < -0.4 is 5.32 Å². The molecule has 80 valence electrons. The van der Waals surface area contributed by atoms with Crippen molar-refractivity contribution in [2.24, 2.45) is 0 Å². The molecule has 5 heteroatoms. The molecule has 1 saturated heterocycles. The molecule has 0 saturated carbocycles. The third kappa shape index (κ3) is 2.04. The fourth-order valence-corrected chi connectivity index (χ4v) is 1.76. The number of carboxylic acids is 1. The highest BCUT2D eigenvalue weighted by atomic mass is 16.4. The van der Waals surface area contributed by atoms with Gasteiger partial charge < -0.3 is 10.4 Å². The highest BCUT2D eigenvalue weighted by Crippen LogP contribution is 2.12. The van der Waals surface area contributed by atoms with E-state index in [4.69, 9.17) is 5.11 Å². The quantitative estimate of drug-likeness (QED) is 0.654. The Morgan fingerprint density at radius 3 is 2.93 bits per heavy atom. The van der Waals surface area contributed by atoms with Crippen LogP contribution in [0.3, 0.4) is 0 Å². The van der Waals surface area contributed by atoms with Crippen molar-refractivity contribution in [3.05, 3.63) is 0 Å². The number of nitrogens with one attached hydrogen (secondary N) is 1. The number of nitrogens with zero attached hydrogens (tertiary/aromatic N) is 1. The average Bonchev–Trinajstić information content (AvgIpc) is 2.16. The van der Waals surface area contributed by atoms with E-state index >= 15 is 0 Å². The maximum absolute atomic E-state index is 11.4. The number of carboxylic acid groups (broad SMARTS) is 1. The Morgan fingerprint density at radius 1 is 1.79 bits per heavy atom. The van der Waals surface area contributed by atoms with Crippen molar-refractivity contribution in [3.63, 3.8) is 0 Å². The van der Waals surface area contributed by atoms with E-state index in [0.717, 1.165) is 0 Å². The zero-order valence-electron chi connectivity index (χ0n) is 8.49. The van der Waals surface area contributed by atoms with Gasteiger partial charge in [0.05, 0.1) is 6.04 Å². The van der Waals surface area contributed by atoms with Gasteiger partial charge in [-0.1, -0.05) is 6.92 Å². The lowest BCUT2D eigenvalue weighted by molar-refractivity contribution is -0.146. The van der Waals surface area contributed by atoms with Crippen LogP contribution in [0.15, 0.2) is 0 Å². The van der Waals surface area contributed by atoms with Crippen LogP contribution in [-0.2, 0) is 9.59 Å². The predicted molar refractivity (Wildman–Crippen MR) is 50.9 cm³/mol. The van der Waals surface area contributed by atoms with E-state index < -0.39 is 12.0 Å². The summed E-state index contributed by atoms with van der Waals surface area (Å²) in [5.74, 6) is -0.940. The summed E-state index contributed by atoms with van der Waals surface area (Å²) in [5.41, 5.74) is 0. The fourth-order valence-electron chi connectivity index (χ4n) is 1.76. The average molecular weight is 200 g/mol. The van der Waals surface area contributed by atoms with Crippen LogP contribution in [0.2, 0.25) is 0 Å². The fraction of sp³-hybridized carbons (Fsp3) is 0.778. The van der Waals surface area contributed by atoms with Crippen LogP contribution >= 0.6 is 0 Å². The minimum atomic E-state index is -0.877. The number of piperazine rings is 1. The molecule has 5 nitrogen and oxygen atoms in total. The molecule has 2 N–H and O–H groups in total. The second-order valence-electron chi connectivity index (χ2n) is 3.47. The summed E-state index contributed by atoms with van der Waals surface area (Å²) < 4.78 is 0. The Balaban J connectivity index is 2.74. The summed E-state index contributed by atoms with van der Waals surface area (Å²) in [4.78, 5) is 23.9. The van der Waals surface area contributed by atoms with Gasteiger partial charge in [0.15, 0.2) is 0 Å². The molecule has 14 heavy (non-hydrogen) atoms. The van der Waals surface area contributed by atoms with Gasteiger partial charge in [-0.2, -0.15) is 0 Å². The minimum absolute atomic E-state index is 0.0631. The van der Waals surface area contributed by atoms with E-state index in [2.05, 4.69) is 5.32 Å². The van der Waals surface area contributed by atoms with Crippen molar-refractivity contribution in [2.45, 2.75) is 32.4 Å². The Bertz CT molecular complexity index is 242. The van der Waals surface area contributed by atoms with E-state index in [-0.39, 0.29) is 11.9 Å². The summed E-state index contributed by atoms with van der Waals surface area (Å²) >= 11 is 0. The van der Waals surface area contributed by atoms with Crippen LogP contribution in [0.25, 0.3) is 0 Å². The maximum atomic E-state index is 11.4. The van der Waals surface area contributed by atoms with Crippen molar-refractivity contribution in [1.29, 1.82) is 0 Å². The van der Waals surface area contributed by atoms with Crippen molar-refractivity contribution < 1.29 is 14.7 Å². The molecule has 0 aromatic heterocycles. The van der Waals surface area contributed by atoms with Crippen molar-refractivity contribution >= 4 is 11.9 Å². The van der Waals surface area contributed by atoms with Gasteiger partial charge in [0.25, 0.3) is 0 Å². The molecular formula is C9H16N2O3. The van der Waals surface area contributed by atoms with E-state index in [9.17, 15) is 9.59 Å². The largest absolute Gasteiger partial charge is 0.480 e. The number of rotatable bonds is 3. The first-order valence-corrected chi connectivity index (χ1v) is 4.84. The van der Waals surface area contributed by atoms with E-state index in [1.165, 1.54) is 0 Å². The molecule has 0 aliphatic carbocycles. The van der Waals surface area contributed by atoms with Crippen LogP contribution in [0.4, 0.5) is 0 Å². The summed E-state index contributed by atoms with van der Waals surface area (Å²) in [6.07, 6.45) is 0.642. The van der Waals surface area contributed by atoms with Crippen molar-refractivity contribution in [1.82, 2.24) is 10.2 Å². The number of hydrogen-bond donors (Lipinski definition) is 2. The standard InChI is InChI=1S/C9H16N2O3/c1-3-7-8(12)10-4-5-11(7)6(2)9(13)14/h6-7H,3-5H2,1-2H3,(H,10,12)(H,13,14). The molecule has 1 aliphatic rings. The van der Waals surface area contributed by atoms with E-state index in [1.54, 1.807) is 11.8 Å². The molecule has 1 fully saturated rings. The van der Waals surface area contributed by atoms with E-state index in [0.29, 0.717) is 19.5 Å². The Hall–Kier alpha value is -1.10. The maximum Gasteiger partial charge on any atom is 0.320 e. The molecule has 1 amide bonds. The number of amides is 1. The molecule has 0 radical (unpaired) electrons. The predicted octanol–water partition coefficient (Wildman–Crippen LogP) is -0.330. The molecular weight excluding hydrogens is 184 g/mol. The van der Waals surface area contributed by atoms with Gasteiger partial charge in [-0.05, 0) is 13.3 Å². The zero-order chi connectivity index (χ0) is 10.7. The Kier molecular flexibility index (Phi) is 3.46. The van der Waals surface area contributed by atoms with Crippen LogP contribution in [0.5, 0.6) is 0 Å². The lowest BCUT2D eigenvalue weighted by atomic mass is 10.1. The smallest absolute Gasteiger partial charge is 0.320 e. The molecule has 0 bridgehead atoms. The third-order valence-electron chi connectivity index (χ3n) is 2.61. The Labute approximate surface area is 83.1 Å². The van der Waals surface area contributed by atoms with Gasteiger partial charge >= 0.3 is 5.97 Å². The lowest BCUT2D eigenvalue weighted by Gasteiger charge is -2.36. The molecule has 1 heterocycles. The molecule has 2 unspecified atom stereocenters. The molecule has 0 spiro atoms. The van der Waals surface area contributed by atoms with Crippen molar-refractivity contribution in [3.8, 4) is 0 Å². The van der Waals surface area contributed by atoms with Crippen LogP contribution in [0, 0.1) is 0 Å². The Morgan fingerprint density at radius 2 is 2.43 bits per heavy atom. The summed E-state index contributed by atoms with van der Waals surface area (Å²) in [5, 5.41) is 11.6. The van der Waals surface area contributed by atoms with E-state index in [1.807, 2.05) is 6.92 Å². The SMILES string of the molecule is CCC1C(=O)NCCN1C(C)C(=O)O. The number of aliphatic carboxylic acids is 1. The highest BCUT2D eigenvalue weighted by molar-refractivity contribution is 5.83. The second-order valence-corrected chi connectivity index (χ2v) is 3.47. The molecule has 2 atom stereocenters. The summed E-state index contributed by atoms with van der Waals surface area (Å²) in [6, 6.07) is -0.888.